The summed E-state index contributed by atoms with van der Waals surface area (Å²) in [5.74, 6) is 0. The second-order valence-electron chi connectivity index (χ2n) is 6.97. The van der Waals surface area contributed by atoms with Crippen molar-refractivity contribution in [1.82, 2.24) is 4.72 Å². The molecule has 112 valence electrons. The van der Waals surface area contributed by atoms with Gasteiger partial charge in [0.25, 0.3) is 0 Å². The van der Waals surface area contributed by atoms with Gasteiger partial charge in [-0.2, -0.15) is 0 Å². The number of sulfonamides is 1. The number of nitrogens with one attached hydrogen (secondary N) is 1. The van der Waals surface area contributed by atoms with Gasteiger partial charge in [0, 0.05) is 11.4 Å². The van der Waals surface area contributed by atoms with Crippen LogP contribution in [0.4, 0.5) is 0 Å². The number of benzene rings is 2. The Morgan fingerprint density at radius 3 is 2.10 bits per heavy atom. The minimum absolute atomic E-state index is 0.0232. The maximum Gasteiger partial charge on any atom is 0.241 e. The average molecular weight is 303 g/mol. The van der Waals surface area contributed by atoms with Crippen molar-refractivity contribution in [3.05, 3.63) is 42.5 Å². The third-order valence-electron chi connectivity index (χ3n) is 5.33. The molecule has 0 spiro atoms. The Bertz CT molecular complexity index is 787. The van der Waals surface area contributed by atoms with Gasteiger partial charge in [0.2, 0.25) is 10.0 Å². The third-order valence-corrected chi connectivity index (χ3v) is 6.81. The second-order valence-corrected chi connectivity index (χ2v) is 8.66. The molecule has 21 heavy (non-hydrogen) atoms. The first kappa shape index (κ1) is 14.5. The van der Waals surface area contributed by atoms with Crippen LogP contribution in [0.15, 0.2) is 47.4 Å². The summed E-state index contributed by atoms with van der Waals surface area (Å²) < 4.78 is 28.4. The van der Waals surface area contributed by atoms with E-state index in [9.17, 15) is 8.42 Å². The van der Waals surface area contributed by atoms with E-state index in [4.69, 9.17) is 0 Å². The molecule has 0 bridgehead atoms. The van der Waals surface area contributed by atoms with Crippen LogP contribution in [0.2, 0.25) is 0 Å². The zero-order valence-corrected chi connectivity index (χ0v) is 13.7. The van der Waals surface area contributed by atoms with Crippen LogP contribution in [0.1, 0.15) is 27.7 Å². The molecule has 0 radical (unpaired) electrons. The predicted molar refractivity (Wildman–Crippen MR) is 85.6 cm³/mol. The maximum absolute atomic E-state index is 12.8. The minimum Gasteiger partial charge on any atom is -0.207 e. The topological polar surface area (TPSA) is 46.2 Å². The van der Waals surface area contributed by atoms with Crippen LogP contribution in [0, 0.1) is 10.8 Å². The highest BCUT2D eigenvalue weighted by Crippen LogP contribution is 2.63. The smallest absolute Gasteiger partial charge is 0.207 e. The van der Waals surface area contributed by atoms with Crippen molar-refractivity contribution in [3.63, 3.8) is 0 Å². The van der Waals surface area contributed by atoms with E-state index < -0.39 is 10.0 Å². The monoisotopic (exact) mass is 303 g/mol. The van der Waals surface area contributed by atoms with Crippen LogP contribution in [0.25, 0.3) is 10.8 Å². The van der Waals surface area contributed by atoms with E-state index in [2.05, 4.69) is 32.4 Å². The SMILES string of the molecule is CC1(C)C(NS(=O)(=O)c2cccc3ccccc23)C1(C)C. The van der Waals surface area contributed by atoms with E-state index in [-0.39, 0.29) is 16.9 Å². The quantitative estimate of drug-likeness (QED) is 0.942. The zero-order valence-electron chi connectivity index (χ0n) is 12.8. The molecule has 3 rings (SSSR count). The summed E-state index contributed by atoms with van der Waals surface area (Å²) in [7, 11) is -3.52. The van der Waals surface area contributed by atoms with Gasteiger partial charge in [-0.1, -0.05) is 64.1 Å². The molecule has 0 saturated heterocycles. The lowest BCUT2D eigenvalue weighted by Gasteiger charge is -2.11. The first-order valence-corrected chi connectivity index (χ1v) is 8.66. The van der Waals surface area contributed by atoms with E-state index in [1.54, 1.807) is 12.1 Å². The lowest BCUT2D eigenvalue weighted by molar-refractivity contribution is 0.457. The van der Waals surface area contributed by atoms with Crippen LogP contribution in [-0.4, -0.2) is 14.5 Å². The van der Waals surface area contributed by atoms with E-state index in [0.717, 1.165) is 10.8 Å². The third kappa shape index (κ3) is 2.09. The normalized spacial score (nSPS) is 20.6. The Labute approximate surface area is 126 Å². The fourth-order valence-corrected chi connectivity index (χ4v) is 4.90. The summed E-state index contributed by atoms with van der Waals surface area (Å²) in [5.41, 5.74) is -0.0463. The fraction of sp³-hybridized carbons (Fsp3) is 0.412. The number of fused-ring (bicyclic) bond motifs is 1. The molecule has 0 amide bonds. The van der Waals surface area contributed by atoms with Gasteiger partial charge in [0.15, 0.2) is 0 Å². The van der Waals surface area contributed by atoms with E-state index in [1.807, 2.05) is 30.3 Å². The highest BCUT2D eigenvalue weighted by molar-refractivity contribution is 7.89. The van der Waals surface area contributed by atoms with Crippen LogP contribution >= 0.6 is 0 Å². The number of hydrogen-bond acceptors (Lipinski definition) is 2. The largest absolute Gasteiger partial charge is 0.241 e. The maximum atomic E-state index is 12.8. The van der Waals surface area contributed by atoms with Gasteiger partial charge in [-0.05, 0) is 22.3 Å². The summed E-state index contributed by atoms with van der Waals surface area (Å²) in [6.45, 7) is 8.40. The van der Waals surface area contributed by atoms with Gasteiger partial charge in [0.05, 0.1) is 4.90 Å². The Balaban J connectivity index is 2.03. The van der Waals surface area contributed by atoms with Crippen molar-refractivity contribution in [2.24, 2.45) is 10.8 Å². The predicted octanol–water partition coefficient (Wildman–Crippen LogP) is 3.55. The molecule has 3 nitrogen and oxygen atoms in total. The van der Waals surface area contributed by atoms with Crippen LogP contribution < -0.4 is 4.72 Å². The molecule has 1 fully saturated rings. The molecular formula is C17H21NO2S. The lowest BCUT2D eigenvalue weighted by atomic mass is 10.0. The molecule has 2 aromatic rings. The number of rotatable bonds is 3. The summed E-state index contributed by atoms with van der Waals surface area (Å²) in [6.07, 6.45) is 0. The highest BCUT2D eigenvalue weighted by Gasteiger charge is 2.66. The van der Waals surface area contributed by atoms with Gasteiger partial charge in [0.1, 0.15) is 0 Å². The van der Waals surface area contributed by atoms with Crippen LogP contribution in [-0.2, 0) is 10.0 Å². The van der Waals surface area contributed by atoms with Gasteiger partial charge in [-0.25, -0.2) is 13.1 Å². The molecule has 0 unspecified atom stereocenters. The van der Waals surface area contributed by atoms with Crippen molar-refractivity contribution in [2.75, 3.05) is 0 Å². The van der Waals surface area contributed by atoms with E-state index in [0.29, 0.717) is 4.90 Å². The van der Waals surface area contributed by atoms with E-state index >= 15 is 0 Å². The molecule has 0 atom stereocenters. The molecule has 1 aliphatic carbocycles. The lowest BCUT2D eigenvalue weighted by Crippen LogP contribution is -2.30. The van der Waals surface area contributed by atoms with Gasteiger partial charge in [-0.15, -0.1) is 0 Å². The highest BCUT2D eigenvalue weighted by atomic mass is 32.2. The second kappa shape index (κ2) is 4.31. The van der Waals surface area contributed by atoms with Crippen LogP contribution in [0.5, 0.6) is 0 Å². The molecular weight excluding hydrogens is 282 g/mol. The van der Waals surface area contributed by atoms with Gasteiger partial charge >= 0.3 is 0 Å². The summed E-state index contributed by atoms with van der Waals surface area (Å²) in [6, 6.07) is 12.9. The zero-order chi connectivity index (χ0) is 15.5. The standard InChI is InChI=1S/C17H21NO2S/c1-16(2)15(17(16,3)4)18-21(19,20)14-11-7-9-12-8-5-6-10-13(12)14/h5-11,15,18H,1-4H3. The molecule has 4 heteroatoms. The molecule has 0 heterocycles. The minimum atomic E-state index is -3.52. The summed E-state index contributed by atoms with van der Waals surface area (Å²) >= 11 is 0. The molecule has 0 aliphatic heterocycles. The van der Waals surface area contributed by atoms with Crippen molar-refractivity contribution < 1.29 is 8.42 Å². The summed E-state index contributed by atoms with van der Waals surface area (Å²) in [4.78, 5) is 0.360. The Morgan fingerprint density at radius 2 is 1.48 bits per heavy atom. The summed E-state index contributed by atoms with van der Waals surface area (Å²) in [5, 5.41) is 1.71. The van der Waals surface area contributed by atoms with Crippen molar-refractivity contribution in [2.45, 2.75) is 38.6 Å². The van der Waals surface area contributed by atoms with Crippen molar-refractivity contribution >= 4 is 20.8 Å². The van der Waals surface area contributed by atoms with Crippen molar-refractivity contribution in [1.29, 1.82) is 0 Å². The average Bonchev–Trinajstić information content (AvgIpc) is 2.80. The number of hydrogen-bond donors (Lipinski definition) is 1. The molecule has 1 saturated carbocycles. The first-order valence-electron chi connectivity index (χ1n) is 7.18. The molecule has 1 N–H and O–H groups in total. The Kier molecular flexibility index (Phi) is 2.98. The fourth-order valence-electron chi connectivity index (χ4n) is 3.14. The first-order chi connectivity index (χ1) is 9.68. The van der Waals surface area contributed by atoms with Gasteiger partial charge in [-0.3, -0.25) is 0 Å². The van der Waals surface area contributed by atoms with Crippen molar-refractivity contribution in [3.8, 4) is 0 Å². The van der Waals surface area contributed by atoms with E-state index in [1.165, 1.54) is 0 Å². The Morgan fingerprint density at radius 1 is 0.905 bits per heavy atom. The Hall–Kier alpha value is -1.39. The van der Waals surface area contributed by atoms with Crippen LogP contribution in [0.3, 0.4) is 0 Å². The molecule has 0 aromatic heterocycles. The van der Waals surface area contributed by atoms with Gasteiger partial charge < -0.3 is 0 Å². The molecule has 1 aliphatic rings. The molecule has 2 aromatic carbocycles.